The molecule has 0 unspecified atom stereocenters. The molecule has 1 aliphatic rings. The number of likely N-dealkylation sites (N-methyl/N-ethyl adjacent to an activating group) is 1. The Bertz CT molecular complexity index is 331. The van der Waals surface area contributed by atoms with E-state index in [0.29, 0.717) is 5.92 Å². The minimum Gasteiger partial charge on any atom is -0.344 e. The van der Waals surface area contributed by atoms with Crippen molar-refractivity contribution in [1.82, 2.24) is 25.1 Å². The number of nitrogens with zero attached hydrogens (tertiary/aromatic N) is 5. The van der Waals surface area contributed by atoms with Gasteiger partial charge in [0.05, 0.1) is 0 Å². The lowest BCUT2D eigenvalue weighted by Gasteiger charge is -2.20. The second-order valence-electron chi connectivity index (χ2n) is 4.43. The minimum atomic E-state index is 0.0687. The zero-order valence-electron chi connectivity index (χ0n) is 9.54. The summed E-state index contributed by atoms with van der Waals surface area (Å²) in [5.41, 5.74) is 0. The first-order valence-electron chi connectivity index (χ1n) is 5.70. The molecular weight excluding hydrogens is 206 g/mol. The predicted molar refractivity (Wildman–Crippen MR) is 57.4 cm³/mol. The van der Waals surface area contributed by atoms with Crippen LogP contribution >= 0.6 is 0 Å². The third kappa shape index (κ3) is 2.77. The maximum atomic E-state index is 11.8. The molecule has 0 bridgehead atoms. The molecule has 1 aliphatic carbocycles. The number of hydrogen-bond donors (Lipinski definition) is 0. The predicted octanol–water partition coefficient (Wildman–Crippen LogP) is 0.322. The monoisotopic (exact) mass is 223 g/mol. The molecule has 0 atom stereocenters. The van der Waals surface area contributed by atoms with Crippen LogP contribution in [-0.4, -0.2) is 44.6 Å². The first kappa shape index (κ1) is 11.0. The Kier molecular flexibility index (Phi) is 3.48. The molecule has 0 saturated heterocycles. The molecule has 0 spiro atoms. The molecule has 1 aromatic heterocycles. The summed E-state index contributed by atoms with van der Waals surface area (Å²) >= 11 is 0. The highest BCUT2D eigenvalue weighted by molar-refractivity contribution is 5.75. The van der Waals surface area contributed by atoms with Crippen molar-refractivity contribution < 1.29 is 4.79 Å². The van der Waals surface area contributed by atoms with Crippen LogP contribution in [0.25, 0.3) is 0 Å². The van der Waals surface area contributed by atoms with Crippen LogP contribution in [-0.2, 0) is 11.3 Å². The fourth-order valence-corrected chi connectivity index (χ4v) is 2.19. The fourth-order valence-electron chi connectivity index (χ4n) is 2.19. The summed E-state index contributed by atoms with van der Waals surface area (Å²) in [6.07, 6.45) is 6.58. The van der Waals surface area contributed by atoms with E-state index in [-0.39, 0.29) is 12.5 Å². The van der Waals surface area contributed by atoms with Crippen LogP contribution < -0.4 is 0 Å². The van der Waals surface area contributed by atoms with E-state index < -0.39 is 0 Å². The van der Waals surface area contributed by atoms with Gasteiger partial charge in [0.2, 0.25) is 5.91 Å². The maximum Gasteiger partial charge on any atom is 0.244 e. The average molecular weight is 223 g/mol. The Morgan fingerprint density at radius 2 is 2.25 bits per heavy atom. The van der Waals surface area contributed by atoms with Crippen molar-refractivity contribution in [3.8, 4) is 0 Å². The van der Waals surface area contributed by atoms with Crippen molar-refractivity contribution in [2.24, 2.45) is 5.92 Å². The highest BCUT2D eigenvalue weighted by Gasteiger charge is 2.19. The van der Waals surface area contributed by atoms with Gasteiger partial charge in [0.15, 0.2) is 0 Å². The van der Waals surface area contributed by atoms with Gasteiger partial charge in [0, 0.05) is 13.6 Å². The summed E-state index contributed by atoms with van der Waals surface area (Å²) in [6, 6.07) is 0. The zero-order valence-corrected chi connectivity index (χ0v) is 9.54. The van der Waals surface area contributed by atoms with E-state index >= 15 is 0 Å². The molecule has 6 heteroatoms. The Balaban J connectivity index is 1.79. The van der Waals surface area contributed by atoms with Gasteiger partial charge in [-0.15, -0.1) is 5.10 Å². The quantitative estimate of drug-likeness (QED) is 0.737. The topological polar surface area (TPSA) is 63.9 Å². The summed E-state index contributed by atoms with van der Waals surface area (Å²) < 4.78 is 1.45. The standard InChI is InChI=1S/C10H17N5O/c1-14(6-9-4-2-3-5-9)10(16)7-15-8-11-12-13-15/h8-9H,2-7H2,1H3. The third-order valence-corrected chi connectivity index (χ3v) is 3.12. The zero-order chi connectivity index (χ0) is 11.4. The van der Waals surface area contributed by atoms with Crippen LogP contribution in [0.5, 0.6) is 0 Å². The SMILES string of the molecule is CN(CC1CCCC1)C(=O)Cn1cnnn1. The lowest BCUT2D eigenvalue weighted by molar-refractivity contribution is -0.131. The van der Waals surface area contributed by atoms with Gasteiger partial charge in [0.25, 0.3) is 0 Å². The van der Waals surface area contributed by atoms with Crippen molar-refractivity contribution >= 4 is 5.91 Å². The highest BCUT2D eigenvalue weighted by Crippen LogP contribution is 2.25. The van der Waals surface area contributed by atoms with E-state index in [0.717, 1.165) is 6.54 Å². The molecular formula is C10H17N5O. The molecule has 1 aromatic rings. The Hall–Kier alpha value is -1.46. The van der Waals surface area contributed by atoms with Crippen LogP contribution in [0.3, 0.4) is 0 Å². The van der Waals surface area contributed by atoms with Crippen molar-refractivity contribution in [1.29, 1.82) is 0 Å². The number of carbonyl (C=O) groups is 1. The van der Waals surface area contributed by atoms with E-state index in [2.05, 4.69) is 15.5 Å². The molecule has 0 aliphatic heterocycles. The van der Waals surface area contributed by atoms with Gasteiger partial charge in [-0.25, -0.2) is 4.68 Å². The number of carbonyl (C=O) groups excluding carboxylic acids is 1. The van der Waals surface area contributed by atoms with Gasteiger partial charge in [0.1, 0.15) is 12.9 Å². The van der Waals surface area contributed by atoms with Crippen molar-refractivity contribution in [2.45, 2.75) is 32.2 Å². The highest BCUT2D eigenvalue weighted by atomic mass is 16.2. The number of tetrazole rings is 1. The van der Waals surface area contributed by atoms with Gasteiger partial charge in [-0.05, 0) is 29.2 Å². The fraction of sp³-hybridized carbons (Fsp3) is 0.800. The second-order valence-corrected chi connectivity index (χ2v) is 4.43. The number of amides is 1. The van der Waals surface area contributed by atoms with Crippen LogP contribution in [0.1, 0.15) is 25.7 Å². The molecule has 2 rings (SSSR count). The average Bonchev–Trinajstić information content (AvgIpc) is 2.90. The van der Waals surface area contributed by atoms with E-state index in [1.54, 1.807) is 4.90 Å². The Labute approximate surface area is 94.6 Å². The summed E-state index contributed by atoms with van der Waals surface area (Å²) in [5, 5.41) is 10.7. The van der Waals surface area contributed by atoms with E-state index in [1.807, 2.05) is 7.05 Å². The number of rotatable bonds is 4. The van der Waals surface area contributed by atoms with Crippen molar-refractivity contribution in [2.75, 3.05) is 13.6 Å². The van der Waals surface area contributed by atoms with E-state index in [9.17, 15) is 4.79 Å². The van der Waals surface area contributed by atoms with Crippen LogP contribution in [0.15, 0.2) is 6.33 Å². The van der Waals surface area contributed by atoms with Gasteiger partial charge in [-0.1, -0.05) is 12.8 Å². The maximum absolute atomic E-state index is 11.8. The molecule has 16 heavy (non-hydrogen) atoms. The van der Waals surface area contributed by atoms with Crippen LogP contribution in [0.2, 0.25) is 0 Å². The normalized spacial score (nSPS) is 16.6. The van der Waals surface area contributed by atoms with E-state index in [4.69, 9.17) is 0 Å². The lowest BCUT2D eigenvalue weighted by atomic mass is 10.1. The molecule has 0 N–H and O–H groups in total. The second kappa shape index (κ2) is 5.05. The molecule has 1 saturated carbocycles. The van der Waals surface area contributed by atoms with Crippen molar-refractivity contribution in [3.63, 3.8) is 0 Å². The smallest absolute Gasteiger partial charge is 0.244 e. The molecule has 0 radical (unpaired) electrons. The van der Waals surface area contributed by atoms with Crippen LogP contribution in [0, 0.1) is 5.92 Å². The molecule has 6 nitrogen and oxygen atoms in total. The summed E-state index contributed by atoms with van der Waals surface area (Å²) in [4.78, 5) is 13.6. The summed E-state index contributed by atoms with van der Waals surface area (Å²) in [5.74, 6) is 0.752. The van der Waals surface area contributed by atoms with Gasteiger partial charge in [-0.2, -0.15) is 0 Å². The van der Waals surface area contributed by atoms with Gasteiger partial charge in [-0.3, -0.25) is 4.79 Å². The largest absolute Gasteiger partial charge is 0.344 e. The van der Waals surface area contributed by atoms with Crippen molar-refractivity contribution in [3.05, 3.63) is 6.33 Å². The molecule has 88 valence electrons. The van der Waals surface area contributed by atoms with Gasteiger partial charge >= 0.3 is 0 Å². The van der Waals surface area contributed by atoms with Gasteiger partial charge < -0.3 is 4.90 Å². The molecule has 0 aromatic carbocycles. The summed E-state index contributed by atoms with van der Waals surface area (Å²) in [6.45, 7) is 1.09. The number of hydrogen-bond acceptors (Lipinski definition) is 4. The summed E-state index contributed by atoms with van der Waals surface area (Å²) in [7, 11) is 1.85. The van der Waals surface area contributed by atoms with E-state index in [1.165, 1.54) is 36.7 Å². The molecule has 1 heterocycles. The Morgan fingerprint density at radius 3 is 2.88 bits per heavy atom. The number of aromatic nitrogens is 4. The lowest BCUT2D eigenvalue weighted by Crippen LogP contribution is -2.33. The third-order valence-electron chi connectivity index (χ3n) is 3.12. The minimum absolute atomic E-state index is 0.0687. The molecule has 1 fully saturated rings. The first-order valence-corrected chi connectivity index (χ1v) is 5.70. The Morgan fingerprint density at radius 1 is 1.50 bits per heavy atom. The molecule has 1 amide bonds. The first-order chi connectivity index (χ1) is 7.75. The van der Waals surface area contributed by atoms with Crippen LogP contribution in [0.4, 0.5) is 0 Å².